The van der Waals surface area contributed by atoms with Gasteiger partial charge in [-0.3, -0.25) is 0 Å². The second kappa shape index (κ2) is 36.8. The molecule has 10 nitrogen and oxygen atoms in total. The van der Waals surface area contributed by atoms with Crippen LogP contribution in [0.1, 0.15) is 152 Å². The summed E-state index contributed by atoms with van der Waals surface area (Å²) < 4.78 is 44.1. The largest absolute Gasteiger partial charge is 0.454 e. The molecule has 25 aromatic rings. The first kappa shape index (κ1) is 91.1. The molecule has 2 aliphatic carbocycles. The van der Waals surface area contributed by atoms with E-state index in [2.05, 4.69) is 462 Å². The predicted molar refractivity (Wildman–Crippen MR) is 593 cm³/mol. The quantitative estimate of drug-likeness (QED) is 0.148. The predicted octanol–water partition coefficient (Wildman–Crippen LogP) is 33.6. The number of rotatable bonds is 7. The molecular formula is C133H122N5O5+5. The molecule has 0 aliphatic heterocycles. The summed E-state index contributed by atoms with van der Waals surface area (Å²) in [7, 11) is 10.7. The first-order valence-electron chi connectivity index (χ1n) is 51.1. The van der Waals surface area contributed by atoms with Gasteiger partial charge in [-0.15, -0.1) is 0 Å². The maximum Gasteiger partial charge on any atom is 0.216 e. The molecule has 15 aromatic carbocycles. The van der Waals surface area contributed by atoms with Gasteiger partial charge in [0.25, 0.3) is 0 Å². The van der Waals surface area contributed by atoms with Gasteiger partial charge in [-0.05, 0) is 219 Å². The molecule has 2 aliphatic rings. The summed E-state index contributed by atoms with van der Waals surface area (Å²) in [4.78, 5) is 0. The monoisotopic (exact) mass is 1870 g/mol. The van der Waals surface area contributed by atoms with E-state index in [0.717, 1.165) is 67.1 Å². The van der Waals surface area contributed by atoms with E-state index in [9.17, 15) is 0 Å². The Morgan fingerprint density at radius 3 is 0.888 bits per heavy atom. The second-order valence-electron chi connectivity index (χ2n) is 41.7. The molecule has 10 heterocycles. The van der Waals surface area contributed by atoms with Crippen molar-refractivity contribution >= 4 is 164 Å². The molecule has 0 unspecified atom stereocenters. The molecule has 0 spiro atoms. The van der Waals surface area contributed by atoms with Crippen LogP contribution < -0.4 is 22.8 Å². The zero-order valence-electron chi connectivity index (χ0n) is 85.0. The van der Waals surface area contributed by atoms with Crippen LogP contribution in [0.4, 0.5) is 0 Å². The minimum Gasteiger partial charge on any atom is -0.454 e. The Labute approximate surface area is 835 Å². The van der Waals surface area contributed by atoms with Crippen molar-refractivity contribution in [1.29, 1.82) is 0 Å². The van der Waals surface area contributed by atoms with Crippen LogP contribution in [0.2, 0.25) is 0 Å². The summed E-state index contributed by atoms with van der Waals surface area (Å²) in [6, 6.07) is 106. The minimum absolute atomic E-state index is 0.121. The van der Waals surface area contributed by atoms with Gasteiger partial charge in [0, 0.05) is 139 Å². The lowest BCUT2D eigenvalue weighted by molar-refractivity contribution is -0.661. The number of hydrogen-bond acceptors (Lipinski definition) is 5. The lowest BCUT2D eigenvalue weighted by Gasteiger charge is -2.21. The summed E-state index contributed by atoms with van der Waals surface area (Å²) in [6.45, 7) is 24.1. The molecule has 0 amide bonds. The molecule has 2 saturated carbocycles. The normalized spacial score (nSPS) is 13.3. The highest BCUT2D eigenvalue weighted by Gasteiger charge is 2.32. The van der Waals surface area contributed by atoms with E-state index < -0.39 is 0 Å². The molecule has 10 heteroatoms. The van der Waals surface area contributed by atoms with Crippen LogP contribution in [0.5, 0.6) is 0 Å². The standard InChI is InChI=1S/C29H28NO.C28H26NO.C27H26NO.C25H22NO.C24H20NO/c1-19-12-15-25-24-16-13-21-10-6-7-11-23(21)28(24)31-29(25)27(19)26-17-14-22(18-30(26)2)20-8-4-3-5-9-20;1-18-11-14-24-23-15-12-20-9-5-6-10-22(20)27(23)30-28(24)26(18)25-16-13-21(17-29(25)2)19-7-3-4-8-19;1-17-10-13-22-21-14-11-18-8-6-7-9-20(18)25(21)29-26(22)24(17)23-15-12-19(16-28(23)5)27(2,3)4;1-15-9-11-21-20-12-10-18-7-5-6-8-19(18)24(20)27-25(21)23(15)22-13-16(2)17(3)14-26(22)4;1-15-14-16(2)22(20-10-6-7-13-25(20)3)24-21(15)19-12-11-17-8-4-5-9-18(17)23(19)26-24/h6-7,10-18,20H,3-5,8-9H2,1-2H3;5-6,9-17,19H,3-4,7-8H2,1-2H3;6-16H,1-5H3;5-14H,1-4H3;4-14H,1-3H3/q5*+1. The average Bonchev–Trinajstić information content (AvgIpc) is 1.59. The number of hydrogen-bond donors (Lipinski definition) is 0. The Morgan fingerprint density at radius 1 is 0.217 bits per heavy atom. The summed E-state index contributed by atoms with van der Waals surface area (Å²) in [5, 5.41) is 23.8. The van der Waals surface area contributed by atoms with Crippen molar-refractivity contribution < 1.29 is 44.9 Å². The van der Waals surface area contributed by atoms with Gasteiger partial charge in [0.05, 0.1) is 27.8 Å². The van der Waals surface area contributed by atoms with Crippen LogP contribution >= 0.6 is 0 Å². The Kier molecular flexibility index (Phi) is 23.4. The van der Waals surface area contributed by atoms with Crippen LogP contribution in [0, 0.1) is 55.4 Å². The first-order chi connectivity index (χ1) is 69.4. The first-order valence-corrected chi connectivity index (χ1v) is 51.1. The highest BCUT2D eigenvalue weighted by molar-refractivity contribution is 6.23. The van der Waals surface area contributed by atoms with E-state index in [1.54, 1.807) is 0 Å². The fraction of sp³-hybridized carbons (Fsp3) is 0.211. The van der Waals surface area contributed by atoms with Crippen LogP contribution in [0.3, 0.4) is 0 Å². The van der Waals surface area contributed by atoms with Gasteiger partial charge in [-0.2, -0.15) is 0 Å². The molecule has 0 N–H and O–H groups in total. The maximum atomic E-state index is 6.62. The number of pyridine rings is 5. The average molecular weight is 1870 g/mol. The summed E-state index contributed by atoms with van der Waals surface area (Å²) >= 11 is 0. The summed E-state index contributed by atoms with van der Waals surface area (Å²) in [6.07, 6.45) is 23.3. The number of aryl methyl sites for hydroxylation is 13. The van der Waals surface area contributed by atoms with Crippen molar-refractivity contribution in [3.8, 4) is 56.3 Å². The zero-order valence-corrected chi connectivity index (χ0v) is 85.0. The highest BCUT2D eigenvalue weighted by Crippen LogP contribution is 2.49. The van der Waals surface area contributed by atoms with Gasteiger partial charge in [-0.1, -0.05) is 259 Å². The number of benzene rings is 15. The van der Waals surface area contributed by atoms with E-state index in [1.807, 2.05) is 0 Å². The van der Waals surface area contributed by atoms with E-state index in [-0.39, 0.29) is 5.41 Å². The van der Waals surface area contributed by atoms with Gasteiger partial charge in [-0.25, -0.2) is 22.8 Å². The van der Waals surface area contributed by atoms with E-state index >= 15 is 0 Å². The summed E-state index contributed by atoms with van der Waals surface area (Å²) in [5.74, 6) is 1.43. The van der Waals surface area contributed by atoms with Gasteiger partial charge < -0.3 is 22.1 Å². The Morgan fingerprint density at radius 2 is 0.517 bits per heavy atom. The second-order valence-corrected chi connectivity index (χ2v) is 41.7. The van der Waals surface area contributed by atoms with Crippen LogP contribution in [0.15, 0.2) is 350 Å². The van der Waals surface area contributed by atoms with E-state index in [0.29, 0.717) is 5.92 Å². The van der Waals surface area contributed by atoms with Crippen molar-refractivity contribution in [2.24, 2.45) is 35.2 Å². The molecule has 2 fully saturated rings. The Bertz CT molecular complexity index is 9440. The molecule has 704 valence electrons. The molecule has 0 radical (unpaired) electrons. The number of aromatic nitrogens is 5. The van der Waals surface area contributed by atoms with Crippen LogP contribution in [0.25, 0.3) is 220 Å². The van der Waals surface area contributed by atoms with Gasteiger partial charge >= 0.3 is 0 Å². The van der Waals surface area contributed by atoms with Crippen molar-refractivity contribution in [2.45, 2.75) is 151 Å². The number of fused-ring (bicyclic) bond motifs is 25. The van der Waals surface area contributed by atoms with Crippen molar-refractivity contribution in [3.05, 3.63) is 389 Å². The molecule has 0 bridgehead atoms. The highest BCUT2D eigenvalue weighted by atomic mass is 16.3. The van der Waals surface area contributed by atoms with Crippen molar-refractivity contribution in [3.63, 3.8) is 0 Å². The summed E-state index contributed by atoms with van der Waals surface area (Å²) in [5.41, 5.74) is 36.1. The zero-order chi connectivity index (χ0) is 98.1. The van der Waals surface area contributed by atoms with E-state index in [1.165, 1.54) is 278 Å². The fourth-order valence-electron chi connectivity index (χ4n) is 23.5. The SMILES string of the molecule is Cc1cc(-c2c(C)ccc3c2oc2c4ccccc4ccc32)[n+](C)cc1C.Cc1cc(C)c2c(oc3c4ccccc4ccc32)c1-c1cccc[n+]1C.Cc1ccc2c(oc3c4ccccc4ccc23)c1-c1ccc(C(C)(C)C)c[n+]1C.Cc1ccc2c(oc3c4ccccc4ccc23)c1-c1ccc(C2CCCC2)c[n+]1C.Cc1ccc2c(oc3c4ccccc4ccc23)c1-c1ccc(C2CCCCC2)c[n+]1C. The third-order valence-corrected chi connectivity index (χ3v) is 31.3. The molecule has 10 aromatic heterocycles. The lowest BCUT2D eigenvalue weighted by atomic mass is 9.84. The number of furan rings is 5. The molecule has 143 heavy (non-hydrogen) atoms. The minimum atomic E-state index is 0.121. The molecule has 27 rings (SSSR count). The Balaban J connectivity index is 0.0000000993. The maximum absolute atomic E-state index is 6.62. The smallest absolute Gasteiger partial charge is 0.216 e. The lowest BCUT2D eigenvalue weighted by Crippen LogP contribution is -2.33. The Hall–Kier alpha value is -15.7. The van der Waals surface area contributed by atoms with Crippen LogP contribution in [-0.4, -0.2) is 0 Å². The number of nitrogens with zero attached hydrogens (tertiary/aromatic N) is 5. The molecule has 0 saturated heterocycles. The van der Waals surface area contributed by atoms with Crippen molar-refractivity contribution in [2.75, 3.05) is 0 Å². The van der Waals surface area contributed by atoms with Crippen LogP contribution in [-0.2, 0) is 40.7 Å². The third kappa shape index (κ3) is 16.2. The molecule has 0 atom stereocenters. The van der Waals surface area contributed by atoms with Gasteiger partial charge in [0.1, 0.15) is 91.1 Å². The van der Waals surface area contributed by atoms with Crippen molar-refractivity contribution in [1.82, 2.24) is 0 Å². The third-order valence-electron chi connectivity index (χ3n) is 31.3. The topological polar surface area (TPSA) is 85.1 Å². The van der Waals surface area contributed by atoms with E-state index in [4.69, 9.17) is 22.1 Å². The molecular weight excluding hydrogens is 1750 g/mol. The van der Waals surface area contributed by atoms with Gasteiger partial charge in [0.2, 0.25) is 28.5 Å². The van der Waals surface area contributed by atoms with Gasteiger partial charge in [0.15, 0.2) is 31.0 Å². The fourth-order valence-corrected chi connectivity index (χ4v) is 23.5.